The Balaban J connectivity index is 1.87. The van der Waals surface area contributed by atoms with Gasteiger partial charge in [0.1, 0.15) is 0 Å². The van der Waals surface area contributed by atoms with Crippen LogP contribution in [0.2, 0.25) is 0 Å². The Morgan fingerprint density at radius 3 is 2.79 bits per heavy atom. The van der Waals surface area contributed by atoms with Gasteiger partial charge in [0, 0.05) is 16.7 Å². The van der Waals surface area contributed by atoms with Crippen molar-refractivity contribution in [2.75, 3.05) is 5.75 Å². The molecule has 5 heteroatoms. The van der Waals surface area contributed by atoms with E-state index in [1.54, 1.807) is 0 Å². The van der Waals surface area contributed by atoms with Crippen molar-refractivity contribution in [3.05, 3.63) is 11.7 Å². The fourth-order valence-electron chi connectivity index (χ4n) is 2.42. The van der Waals surface area contributed by atoms with Gasteiger partial charge in [-0.05, 0) is 18.6 Å². The Bertz CT molecular complexity index is 400. The Kier molecular flexibility index (Phi) is 4.90. The largest absolute Gasteiger partial charge is 0.338 e. The van der Waals surface area contributed by atoms with Crippen molar-refractivity contribution >= 4 is 11.8 Å². The lowest BCUT2D eigenvalue weighted by molar-refractivity contribution is 0.347. The first-order chi connectivity index (χ1) is 9.00. The van der Waals surface area contributed by atoms with Crippen LogP contribution in [-0.4, -0.2) is 27.2 Å². The van der Waals surface area contributed by atoms with Crippen LogP contribution in [0.5, 0.6) is 0 Å². The van der Waals surface area contributed by atoms with Crippen molar-refractivity contribution in [1.82, 2.24) is 15.5 Å². The van der Waals surface area contributed by atoms with Crippen LogP contribution in [0.4, 0.5) is 0 Å². The highest BCUT2D eigenvalue weighted by Gasteiger charge is 2.27. The lowest BCUT2D eigenvalue weighted by atomic mass is 9.96. The molecule has 1 aromatic heterocycles. The molecule has 1 saturated carbocycles. The van der Waals surface area contributed by atoms with Gasteiger partial charge in [0.2, 0.25) is 5.89 Å². The number of nitrogens with zero attached hydrogens (tertiary/aromatic N) is 2. The molecule has 2 rings (SSSR count). The van der Waals surface area contributed by atoms with Crippen LogP contribution in [-0.2, 0) is 12.0 Å². The van der Waals surface area contributed by atoms with Gasteiger partial charge >= 0.3 is 0 Å². The maximum atomic E-state index is 5.32. The Hall–Kier alpha value is -0.550. The summed E-state index contributed by atoms with van der Waals surface area (Å²) in [7, 11) is 0. The third-order valence-corrected chi connectivity index (χ3v) is 4.81. The van der Waals surface area contributed by atoms with Crippen molar-refractivity contribution in [2.45, 2.75) is 70.2 Å². The van der Waals surface area contributed by atoms with E-state index < -0.39 is 0 Å². The molecule has 1 aliphatic rings. The first-order valence-electron chi connectivity index (χ1n) is 7.18. The Labute approximate surface area is 120 Å². The van der Waals surface area contributed by atoms with Crippen molar-refractivity contribution < 1.29 is 4.52 Å². The summed E-state index contributed by atoms with van der Waals surface area (Å²) in [6, 6.07) is 0.593. The van der Waals surface area contributed by atoms with Gasteiger partial charge < -0.3 is 9.84 Å². The molecule has 0 bridgehead atoms. The van der Waals surface area contributed by atoms with Crippen LogP contribution in [0.15, 0.2) is 4.52 Å². The molecule has 0 saturated heterocycles. The van der Waals surface area contributed by atoms with E-state index in [4.69, 9.17) is 4.52 Å². The first kappa shape index (κ1) is 14.9. The summed E-state index contributed by atoms with van der Waals surface area (Å²) in [6.45, 7) is 9.21. The number of hydrogen-bond acceptors (Lipinski definition) is 5. The van der Waals surface area contributed by atoms with Gasteiger partial charge in [-0.3, -0.25) is 0 Å². The summed E-state index contributed by atoms with van der Waals surface area (Å²) >= 11 is 2.06. The third kappa shape index (κ3) is 3.96. The minimum absolute atomic E-state index is 0.0459. The van der Waals surface area contributed by atoms with Crippen molar-refractivity contribution in [2.24, 2.45) is 0 Å². The lowest BCUT2D eigenvalue weighted by Gasteiger charge is -2.19. The first-order valence-corrected chi connectivity index (χ1v) is 8.23. The van der Waals surface area contributed by atoms with Gasteiger partial charge in [0.05, 0.1) is 6.54 Å². The minimum atomic E-state index is -0.0459. The highest BCUT2D eigenvalue weighted by Crippen LogP contribution is 2.30. The van der Waals surface area contributed by atoms with E-state index >= 15 is 0 Å². The lowest BCUT2D eigenvalue weighted by Crippen LogP contribution is -2.33. The van der Waals surface area contributed by atoms with E-state index in [-0.39, 0.29) is 5.41 Å². The molecule has 0 aromatic carbocycles. The van der Waals surface area contributed by atoms with Crippen LogP contribution in [0.25, 0.3) is 0 Å². The molecular formula is C14H25N3OS. The zero-order valence-electron chi connectivity index (χ0n) is 12.4. The second kappa shape index (κ2) is 6.27. The number of nitrogens with one attached hydrogen (secondary N) is 1. The van der Waals surface area contributed by atoms with E-state index in [2.05, 4.69) is 54.9 Å². The SMILES string of the molecule is CCS[C@H]1CCC[C@H]1NCc1nc(C(C)(C)C)no1. The molecule has 4 nitrogen and oxygen atoms in total. The average molecular weight is 283 g/mol. The van der Waals surface area contributed by atoms with E-state index in [0.717, 1.165) is 11.1 Å². The molecule has 1 aromatic rings. The number of aromatic nitrogens is 2. The number of rotatable bonds is 5. The normalized spacial score (nSPS) is 24.0. The highest BCUT2D eigenvalue weighted by atomic mass is 32.2. The summed E-state index contributed by atoms with van der Waals surface area (Å²) in [5.74, 6) is 2.68. The van der Waals surface area contributed by atoms with Crippen LogP contribution in [0.1, 0.15) is 58.7 Å². The Morgan fingerprint density at radius 2 is 2.16 bits per heavy atom. The molecule has 1 N–H and O–H groups in total. The molecule has 0 amide bonds. The molecule has 108 valence electrons. The van der Waals surface area contributed by atoms with Gasteiger partial charge in [-0.15, -0.1) is 0 Å². The van der Waals surface area contributed by atoms with E-state index in [9.17, 15) is 0 Å². The fraction of sp³-hybridized carbons (Fsp3) is 0.857. The molecule has 1 fully saturated rings. The topological polar surface area (TPSA) is 51.0 Å². The van der Waals surface area contributed by atoms with Crippen LogP contribution < -0.4 is 5.32 Å². The van der Waals surface area contributed by atoms with Gasteiger partial charge in [-0.2, -0.15) is 16.7 Å². The molecule has 0 radical (unpaired) electrons. The summed E-state index contributed by atoms with van der Waals surface area (Å²) in [5, 5.41) is 8.38. The van der Waals surface area contributed by atoms with E-state index in [1.807, 2.05) is 0 Å². The standard InChI is InChI=1S/C14H25N3OS/c1-5-19-11-8-6-7-10(11)15-9-12-16-13(17-18-12)14(2,3)4/h10-11,15H,5-9H2,1-4H3/t10-,11+/m1/s1. The molecule has 2 atom stereocenters. The summed E-state index contributed by atoms with van der Waals surface area (Å²) < 4.78 is 5.32. The monoisotopic (exact) mass is 283 g/mol. The summed E-state index contributed by atoms with van der Waals surface area (Å²) in [5.41, 5.74) is -0.0459. The molecule has 0 spiro atoms. The second-order valence-electron chi connectivity index (χ2n) is 6.17. The molecule has 19 heavy (non-hydrogen) atoms. The van der Waals surface area contributed by atoms with Crippen LogP contribution >= 0.6 is 11.8 Å². The smallest absolute Gasteiger partial charge is 0.240 e. The predicted octanol–water partition coefficient (Wildman–Crippen LogP) is 3.13. The maximum absolute atomic E-state index is 5.32. The summed E-state index contributed by atoms with van der Waals surface area (Å²) in [6.07, 6.45) is 3.91. The van der Waals surface area contributed by atoms with Crippen molar-refractivity contribution in [3.63, 3.8) is 0 Å². The van der Waals surface area contributed by atoms with Gasteiger partial charge in [0.25, 0.3) is 0 Å². The average Bonchev–Trinajstić information content (AvgIpc) is 2.94. The van der Waals surface area contributed by atoms with E-state index in [0.29, 0.717) is 18.5 Å². The quantitative estimate of drug-likeness (QED) is 0.899. The van der Waals surface area contributed by atoms with Crippen LogP contribution in [0, 0.1) is 0 Å². The van der Waals surface area contributed by atoms with Gasteiger partial charge in [0.15, 0.2) is 5.82 Å². The predicted molar refractivity (Wildman–Crippen MR) is 79.4 cm³/mol. The van der Waals surface area contributed by atoms with Crippen LogP contribution in [0.3, 0.4) is 0 Å². The molecule has 1 heterocycles. The molecule has 0 unspecified atom stereocenters. The Morgan fingerprint density at radius 1 is 1.37 bits per heavy atom. The zero-order valence-corrected chi connectivity index (χ0v) is 13.2. The van der Waals surface area contributed by atoms with Gasteiger partial charge in [-0.1, -0.05) is 39.3 Å². The van der Waals surface area contributed by atoms with Gasteiger partial charge in [-0.25, -0.2) is 0 Å². The zero-order chi connectivity index (χ0) is 13.9. The van der Waals surface area contributed by atoms with Crippen molar-refractivity contribution in [1.29, 1.82) is 0 Å². The fourth-order valence-corrected chi connectivity index (χ4v) is 3.65. The number of thioether (sulfide) groups is 1. The van der Waals surface area contributed by atoms with Crippen molar-refractivity contribution in [3.8, 4) is 0 Å². The summed E-state index contributed by atoms with van der Waals surface area (Å²) in [4.78, 5) is 4.47. The molecular weight excluding hydrogens is 258 g/mol. The highest BCUT2D eigenvalue weighted by molar-refractivity contribution is 7.99. The maximum Gasteiger partial charge on any atom is 0.240 e. The molecule has 0 aliphatic heterocycles. The third-order valence-electron chi connectivity index (χ3n) is 3.49. The minimum Gasteiger partial charge on any atom is -0.338 e. The second-order valence-corrected chi connectivity index (χ2v) is 7.69. The number of hydrogen-bond donors (Lipinski definition) is 1. The van der Waals surface area contributed by atoms with E-state index in [1.165, 1.54) is 25.0 Å². The molecule has 1 aliphatic carbocycles.